The minimum atomic E-state index is -0.757. The highest BCUT2D eigenvalue weighted by atomic mass is 16.1. The molecule has 66 valence electrons. The Hall–Kier alpha value is -1.36. The van der Waals surface area contributed by atoms with Crippen LogP contribution in [0.4, 0.5) is 0 Å². The number of primary amides is 1. The molecular formula is C7H12N4O. The summed E-state index contributed by atoms with van der Waals surface area (Å²) in [5.74, 6) is -0.537. The molecule has 12 heavy (non-hydrogen) atoms. The van der Waals surface area contributed by atoms with Crippen molar-refractivity contribution in [2.45, 2.75) is 19.5 Å². The van der Waals surface area contributed by atoms with Crippen LogP contribution in [-0.2, 0) is 11.3 Å². The van der Waals surface area contributed by atoms with E-state index in [0.717, 1.165) is 6.54 Å². The number of hydrogen-bond donors (Lipinski definition) is 2. The van der Waals surface area contributed by atoms with Crippen molar-refractivity contribution in [3.63, 3.8) is 0 Å². The van der Waals surface area contributed by atoms with Gasteiger partial charge in [0.05, 0.1) is 18.2 Å². The molecule has 1 atom stereocenters. The summed E-state index contributed by atoms with van der Waals surface area (Å²) in [6.45, 7) is 2.68. The zero-order valence-corrected chi connectivity index (χ0v) is 6.90. The maximum Gasteiger partial charge on any atom is 0.240 e. The van der Waals surface area contributed by atoms with Crippen LogP contribution < -0.4 is 11.5 Å². The van der Waals surface area contributed by atoms with E-state index in [1.807, 2.05) is 6.92 Å². The molecule has 0 aliphatic heterocycles. The number of aryl methyl sites for hydroxylation is 1. The molecule has 5 nitrogen and oxygen atoms in total. The smallest absolute Gasteiger partial charge is 0.240 e. The van der Waals surface area contributed by atoms with E-state index in [1.165, 1.54) is 0 Å². The SMILES string of the molecule is CCn1cncc1C(N)C(N)=O. The Morgan fingerprint density at radius 2 is 2.50 bits per heavy atom. The van der Waals surface area contributed by atoms with Crippen LogP contribution in [0.15, 0.2) is 12.5 Å². The zero-order valence-electron chi connectivity index (χ0n) is 6.90. The summed E-state index contributed by atoms with van der Waals surface area (Å²) in [6.07, 6.45) is 3.18. The number of carbonyl (C=O) groups excluding carboxylic acids is 1. The summed E-state index contributed by atoms with van der Waals surface area (Å²) in [5.41, 5.74) is 11.2. The summed E-state index contributed by atoms with van der Waals surface area (Å²) in [5, 5.41) is 0. The number of rotatable bonds is 3. The third-order valence-electron chi connectivity index (χ3n) is 1.71. The molecule has 0 spiro atoms. The summed E-state index contributed by atoms with van der Waals surface area (Å²) in [7, 11) is 0. The Bertz CT molecular complexity index is 281. The molecule has 5 heteroatoms. The fourth-order valence-electron chi connectivity index (χ4n) is 1.000. The second-order valence-electron chi connectivity index (χ2n) is 2.48. The molecule has 1 aromatic rings. The van der Waals surface area contributed by atoms with Crippen LogP contribution in [-0.4, -0.2) is 15.5 Å². The van der Waals surface area contributed by atoms with Crippen molar-refractivity contribution in [1.82, 2.24) is 9.55 Å². The molecule has 1 amide bonds. The summed E-state index contributed by atoms with van der Waals surface area (Å²) in [4.78, 5) is 14.6. The number of aromatic nitrogens is 2. The van der Waals surface area contributed by atoms with Gasteiger partial charge >= 0.3 is 0 Å². The van der Waals surface area contributed by atoms with Crippen molar-refractivity contribution in [3.05, 3.63) is 18.2 Å². The Morgan fingerprint density at radius 3 is 3.00 bits per heavy atom. The van der Waals surface area contributed by atoms with Crippen LogP contribution in [0.3, 0.4) is 0 Å². The zero-order chi connectivity index (χ0) is 9.14. The van der Waals surface area contributed by atoms with Crippen molar-refractivity contribution in [1.29, 1.82) is 0 Å². The normalized spacial score (nSPS) is 12.8. The Kier molecular flexibility index (Phi) is 2.44. The van der Waals surface area contributed by atoms with Gasteiger partial charge in [0.2, 0.25) is 5.91 Å². The van der Waals surface area contributed by atoms with Crippen molar-refractivity contribution in [2.75, 3.05) is 0 Å². The average Bonchev–Trinajstić information content (AvgIpc) is 2.49. The van der Waals surface area contributed by atoms with Crippen molar-refractivity contribution in [2.24, 2.45) is 11.5 Å². The first-order valence-electron chi connectivity index (χ1n) is 3.71. The lowest BCUT2D eigenvalue weighted by atomic mass is 10.2. The maximum atomic E-state index is 10.7. The molecule has 1 unspecified atom stereocenters. The second kappa shape index (κ2) is 3.36. The van der Waals surface area contributed by atoms with Crippen LogP contribution in [0.25, 0.3) is 0 Å². The molecule has 0 aromatic carbocycles. The van der Waals surface area contributed by atoms with E-state index in [2.05, 4.69) is 4.98 Å². The standard InChI is InChI=1S/C7H12N4O/c1-2-11-4-10-3-5(11)6(8)7(9)12/h3-4,6H,2,8H2,1H3,(H2,9,12). The Labute approximate surface area is 70.4 Å². The molecule has 4 N–H and O–H groups in total. The number of imidazole rings is 1. The molecule has 1 heterocycles. The van der Waals surface area contributed by atoms with Gasteiger partial charge in [-0.2, -0.15) is 0 Å². The fourth-order valence-corrected chi connectivity index (χ4v) is 1.000. The summed E-state index contributed by atoms with van der Waals surface area (Å²) >= 11 is 0. The highest BCUT2D eigenvalue weighted by Gasteiger charge is 2.15. The van der Waals surface area contributed by atoms with Gasteiger partial charge in [-0.25, -0.2) is 4.98 Å². The number of nitrogens with zero attached hydrogens (tertiary/aromatic N) is 2. The quantitative estimate of drug-likeness (QED) is 0.631. The second-order valence-corrected chi connectivity index (χ2v) is 2.48. The first-order valence-corrected chi connectivity index (χ1v) is 3.71. The molecule has 0 saturated carbocycles. The van der Waals surface area contributed by atoms with Crippen LogP contribution in [0.1, 0.15) is 18.7 Å². The maximum absolute atomic E-state index is 10.7. The van der Waals surface area contributed by atoms with Gasteiger partial charge in [-0.1, -0.05) is 0 Å². The third-order valence-corrected chi connectivity index (χ3v) is 1.71. The Morgan fingerprint density at radius 1 is 1.83 bits per heavy atom. The van der Waals surface area contributed by atoms with Gasteiger partial charge < -0.3 is 16.0 Å². The topological polar surface area (TPSA) is 86.9 Å². The molecule has 1 aromatic heterocycles. The van der Waals surface area contributed by atoms with Gasteiger partial charge in [0.1, 0.15) is 6.04 Å². The van der Waals surface area contributed by atoms with Crippen molar-refractivity contribution < 1.29 is 4.79 Å². The molecule has 0 fully saturated rings. The highest BCUT2D eigenvalue weighted by Crippen LogP contribution is 2.08. The minimum absolute atomic E-state index is 0.537. The Balaban J connectivity index is 2.93. The largest absolute Gasteiger partial charge is 0.368 e. The van der Waals surface area contributed by atoms with Crippen LogP contribution in [0.5, 0.6) is 0 Å². The first-order chi connectivity index (χ1) is 5.66. The number of amides is 1. The van der Waals surface area contributed by atoms with Gasteiger partial charge in [-0.05, 0) is 6.92 Å². The lowest BCUT2D eigenvalue weighted by Crippen LogP contribution is -2.29. The van der Waals surface area contributed by atoms with E-state index >= 15 is 0 Å². The monoisotopic (exact) mass is 168 g/mol. The van der Waals surface area contributed by atoms with Gasteiger partial charge in [0, 0.05) is 6.54 Å². The van der Waals surface area contributed by atoms with Gasteiger partial charge in [-0.3, -0.25) is 4.79 Å². The minimum Gasteiger partial charge on any atom is -0.368 e. The van der Waals surface area contributed by atoms with Crippen molar-refractivity contribution >= 4 is 5.91 Å². The molecule has 0 radical (unpaired) electrons. The van der Waals surface area contributed by atoms with Gasteiger partial charge in [-0.15, -0.1) is 0 Å². The van der Waals surface area contributed by atoms with E-state index < -0.39 is 11.9 Å². The van der Waals surface area contributed by atoms with E-state index in [-0.39, 0.29) is 0 Å². The predicted octanol–water partition coefficient (Wildman–Crippen LogP) is -0.612. The highest BCUT2D eigenvalue weighted by molar-refractivity contribution is 5.80. The van der Waals surface area contributed by atoms with E-state index in [0.29, 0.717) is 5.69 Å². The van der Waals surface area contributed by atoms with E-state index in [4.69, 9.17) is 11.5 Å². The lowest BCUT2D eigenvalue weighted by Gasteiger charge is -2.09. The molecule has 0 saturated heterocycles. The molecule has 0 aliphatic carbocycles. The molecule has 0 bridgehead atoms. The first kappa shape index (κ1) is 8.73. The van der Waals surface area contributed by atoms with E-state index in [1.54, 1.807) is 17.1 Å². The van der Waals surface area contributed by atoms with Crippen LogP contribution in [0, 0.1) is 0 Å². The lowest BCUT2D eigenvalue weighted by molar-refractivity contribution is -0.119. The van der Waals surface area contributed by atoms with E-state index in [9.17, 15) is 4.79 Å². The fraction of sp³-hybridized carbons (Fsp3) is 0.429. The van der Waals surface area contributed by atoms with Gasteiger partial charge in [0.15, 0.2) is 0 Å². The van der Waals surface area contributed by atoms with Crippen LogP contribution in [0.2, 0.25) is 0 Å². The molecule has 0 aliphatic rings. The van der Waals surface area contributed by atoms with Crippen molar-refractivity contribution in [3.8, 4) is 0 Å². The summed E-state index contributed by atoms with van der Waals surface area (Å²) in [6, 6.07) is -0.757. The average molecular weight is 168 g/mol. The summed E-state index contributed by atoms with van der Waals surface area (Å²) < 4.78 is 1.79. The molecule has 1 rings (SSSR count). The molecular weight excluding hydrogens is 156 g/mol. The number of hydrogen-bond acceptors (Lipinski definition) is 3. The predicted molar refractivity (Wildman–Crippen MR) is 44.0 cm³/mol. The number of carbonyl (C=O) groups is 1. The van der Waals surface area contributed by atoms with Crippen LogP contribution >= 0.6 is 0 Å². The number of nitrogens with two attached hydrogens (primary N) is 2. The third kappa shape index (κ3) is 1.45. The van der Waals surface area contributed by atoms with Gasteiger partial charge in [0.25, 0.3) is 0 Å².